The highest BCUT2D eigenvalue weighted by atomic mass is 32.2. The van der Waals surface area contributed by atoms with Crippen LogP contribution in [0.15, 0.2) is 24.3 Å². The van der Waals surface area contributed by atoms with Gasteiger partial charge in [-0.25, -0.2) is 0 Å². The number of aryl methyl sites for hydroxylation is 1. The molecule has 0 radical (unpaired) electrons. The number of carbonyl (C=O) groups is 2. The van der Waals surface area contributed by atoms with Crippen LogP contribution in [0.4, 0.5) is 4.79 Å². The van der Waals surface area contributed by atoms with E-state index in [0.29, 0.717) is 0 Å². The third kappa shape index (κ3) is 1.53. The van der Waals surface area contributed by atoms with E-state index in [1.165, 1.54) is 0 Å². The number of carbonyl (C=O) groups excluding carboxylic acids is 2. The molecule has 14 heavy (non-hydrogen) atoms. The summed E-state index contributed by atoms with van der Waals surface area (Å²) in [6.07, 6.45) is 0. The summed E-state index contributed by atoms with van der Waals surface area (Å²) in [5.41, 5.74) is 1.95. The lowest BCUT2D eigenvalue weighted by molar-refractivity contribution is -0.119. The highest BCUT2D eigenvalue weighted by Crippen LogP contribution is 2.35. The Morgan fingerprint density at radius 2 is 2.00 bits per heavy atom. The minimum atomic E-state index is -0.372. The van der Waals surface area contributed by atoms with Crippen molar-refractivity contribution in [1.29, 1.82) is 0 Å². The zero-order valence-electron chi connectivity index (χ0n) is 7.61. The molecule has 1 aliphatic heterocycles. The van der Waals surface area contributed by atoms with Gasteiger partial charge in [0.15, 0.2) is 0 Å². The smallest absolute Gasteiger partial charge is 0.286 e. The average molecular weight is 207 g/mol. The molecule has 0 aliphatic carbocycles. The molecule has 0 spiro atoms. The molecule has 1 aliphatic rings. The molecule has 3 nitrogen and oxygen atoms in total. The number of amides is 2. The van der Waals surface area contributed by atoms with E-state index in [2.05, 4.69) is 5.32 Å². The van der Waals surface area contributed by atoms with Crippen molar-refractivity contribution in [1.82, 2.24) is 5.32 Å². The van der Waals surface area contributed by atoms with E-state index in [9.17, 15) is 9.59 Å². The van der Waals surface area contributed by atoms with Crippen LogP contribution in [0.25, 0.3) is 0 Å². The van der Waals surface area contributed by atoms with Crippen LogP contribution in [0.2, 0.25) is 0 Å². The molecule has 1 saturated heterocycles. The van der Waals surface area contributed by atoms with Gasteiger partial charge < -0.3 is 0 Å². The fraction of sp³-hybridized carbons (Fsp3) is 0.200. The first-order valence-electron chi connectivity index (χ1n) is 4.25. The first-order chi connectivity index (χ1) is 6.68. The Kier molecular flexibility index (Phi) is 2.29. The lowest BCUT2D eigenvalue weighted by atomic mass is 10.1. The Bertz CT molecular complexity index is 403. The lowest BCUT2D eigenvalue weighted by Crippen LogP contribution is -2.20. The highest BCUT2D eigenvalue weighted by Gasteiger charge is 2.33. The maximum Gasteiger partial charge on any atom is 0.286 e. The number of thioether (sulfide) groups is 1. The van der Waals surface area contributed by atoms with Crippen molar-refractivity contribution in [3.63, 3.8) is 0 Å². The Hall–Kier alpha value is -1.29. The lowest BCUT2D eigenvalue weighted by Gasteiger charge is -2.08. The molecular formula is C10H9NO2S. The predicted octanol–water partition coefficient (Wildman–Crippen LogP) is 2.02. The second kappa shape index (κ2) is 3.46. The van der Waals surface area contributed by atoms with Crippen LogP contribution < -0.4 is 5.32 Å². The van der Waals surface area contributed by atoms with Crippen molar-refractivity contribution >= 4 is 22.9 Å². The van der Waals surface area contributed by atoms with Crippen LogP contribution in [0, 0.1) is 6.92 Å². The number of nitrogens with one attached hydrogen (secondary N) is 1. The molecule has 0 bridgehead atoms. The summed E-state index contributed by atoms with van der Waals surface area (Å²) in [5.74, 6) is -0.214. The molecule has 0 aromatic heterocycles. The van der Waals surface area contributed by atoms with Crippen molar-refractivity contribution in [2.24, 2.45) is 0 Å². The molecule has 2 rings (SSSR count). The number of benzene rings is 1. The zero-order chi connectivity index (χ0) is 10.1. The van der Waals surface area contributed by atoms with Gasteiger partial charge in [-0.05, 0) is 29.8 Å². The molecular weight excluding hydrogens is 198 g/mol. The minimum absolute atomic E-state index is 0.214. The summed E-state index contributed by atoms with van der Waals surface area (Å²) in [5, 5.41) is 1.65. The van der Waals surface area contributed by atoms with Gasteiger partial charge in [-0.1, -0.05) is 24.3 Å². The minimum Gasteiger partial charge on any atom is -0.286 e. The predicted molar refractivity (Wildman–Crippen MR) is 55.0 cm³/mol. The maximum atomic E-state index is 11.4. The van der Waals surface area contributed by atoms with Gasteiger partial charge >= 0.3 is 0 Å². The van der Waals surface area contributed by atoms with E-state index in [-0.39, 0.29) is 16.4 Å². The number of rotatable bonds is 1. The van der Waals surface area contributed by atoms with E-state index < -0.39 is 0 Å². The standard InChI is InChI=1S/C10H9NO2S/c1-6-4-2-3-5-7(6)8-9(12)11-10(13)14-8/h2-5,8H,1H3,(H,11,12,13). The molecule has 0 saturated carbocycles. The van der Waals surface area contributed by atoms with Crippen LogP contribution in [0.3, 0.4) is 0 Å². The van der Waals surface area contributed by atoms with Crippen molar-refractivity contribution < 1.29 is 9.59 Å². The number of hydrogen-bond donors (Lipinski definition) is 1. The van der Waals surface area contributed by atoms with E-state index in [1.54, 1.807) is 0 Å². The van der Waals surface area contributed by atoms with Crippen LogP contribution in [0.5, 0.6) is 0 Å². The molecule has 4 heteroatoms. The first kappa shape index (κ1) is 9.27. The molecule has 2 amide bonds. The third-order valence-corrected chi connectivity index (χ3v) is 3.18. The topological polar surface area (TPSA) is 46.2 Å². The van der Waals surface area contributed by atoms with E-state index in [0.717, 1.165) is 22.9 Å². The van der Waals surface area contributed by atoms with Gasteiger partial charge in [0.25, 0.3) is 5.24 Å². The quantitative estimate of drug-likeness (QED) is 0.766. The van der Waals surface area contributed by atoms with Crippen molar-refractivity contribution in [2.45, 2.75) is 12.2 Å². The summed E-state index contributed by atoms with van der Waals surface area (Å²) >= 11 is 1.04. The Labute approximate surface area is 85.9 Å². The zero-order valence-corrected chi connectivity index (χ0v) is 8.43. The molecule has 1 atom stereocenters. The highest BCUT2D eigenvalue weighted by molar-refractivity contribution is 8.15. The van der Waals surface area contributed by atoms with Gasteiger partial charge in [-0.3, -0.25) is 14.9 Å². The largest absolute Gasteiger partial charge is 0.286 e. The number of imide groups is 1. The van der Waals surface area contributed by atoms with Crippen LogP contribution in [-0.4, -0.2) is 11.1 Å². The summed E-state index contributed by atoms with van der Waals surface area (Å²) < 4.78 is 0. The molecule has 1 heterocycles. The SMILES string of the molecule is Cc1ccccc1C1SC(=O)NC1=O. The Morgan fingerprint density at radius 3 is 2.57 bits per heavy atom. The second-order valence-corrected chi connectivity index (χ2v) is 4.21. The monoisotopic (exact) mass is 207 g/mol. The fourth-order valence-electron chi connectivity index (χ4n) is 1.44. The fourth-order valence-corrected chi connectivity index (χ4v) is 2.37. The summed E-state index contributed by atoms with van der Waals surface area (Å²) in [6, 6.07) is 7.61. The van der Waals surface area contributed by atoms with Gasteiger partial charge in [-0.2, -0.15) is 0 Å². The van der Waals surface area contributed by atoms with Gasteiger partial charge in [-0.15, -0.1) is 0 Å². The van der Waals surface area contributed by atoms with Gasteiger partial charge in [0.05, 0.1) is 0 Å². The third-order valence-electron chi connectivity index (χ3n) is 2.16. The maximum absolute atomic E-state index is 11.4. The van der Waals surface area contributed by atoms with E-state index in [1.807, 2.05) is 31.2 Å². The molecule has 1 aromatic rings. The van der Waals surface area contributed by atoms with E-state index in [4.69, 9.17) is 0 Å². The Balaban J connectivity index is 2.36. The van der Waals surface area contributed by atoms with E-state index >= 15 is 0 Å². The average Bonchev–Trinajstić information content (AvgIpc) is 2.46. The summed E-state index contributed by atoms with van der Waals surface area (Å²) in [4.78, 5) is 22.4. The van der Waals surface area contributed by atoms with Crippen molar-refractivity contribution in [2.75, 3.05) is 0 Å². The molecule has 1 aromatic carbocycles. The van der Waals surface area contributed by atoms with Crippen LogP contribution in [0.1, 0.15) is 16.4 Å². The van der Waals surface area contributed by atoms with Gasteiger partial charge in [0, 0.05) is 0 Å². The molecule has 1 unspecified atom stereocenters. The second-order valence-electron chi connectivity index (χ2n) is 3.13. The van der Waals surface area contributed by atoms with Crippen molar-refractivity contribution in [3.05, 3.63) is 35.4 Å². The van der Waals surface area contributed by atoms with Crippen LogP contribution in [-0.2, 0) is 4.79 Å². The Morgan fingerprint density at radius 1 is 1.29 bits per heavy atom. The molecule has 1 fully saturated rings. The van der Waals surface area contributed by atoms with Crippen molar-refractivity contribution in [3.8, 4) is 0 Å². The molecule has 1 N–H and O–H groups in total. The normalized spacial score (nSPS) is 21.1. The number of hydrogen-bond acceptors (Lipinski definition) is 3. The van der Waals surface area contributed by atoms with Crippen LogP contribution >= 0.6 is 11.8 Å². The summed E-state index contributed by atoms with van der Waals surface area (Å²) in [6.45, 7) is 1.94. The first-order valence-corrected chi connectivity index (χ1v) is 5.13. The summed E-state index contributed by atoms with van der Waals surface area (Å²) in [7, 11) is 0. The van der Waals surface area contributed by atoms with Gasteiger partial charge in [0.1, 0.15) is 5.25 Å². The van der Waals surface area contributed by atoms with Gasteiger partial charge in [0.2, 0.25) is 5.91 Å². The molecule has 72 valence electrons.